The second-order valence-electron chi connectivity index (χ2n) is 32.7. The molecular weight excluding hydrogens is 1810 g/mol. The van der Waals surface area contributed by atoms with Crippen molar-refractivity contribution in [1.29, 1.82) is 0 Å². The summed E-state index contributed by atoms with van der Waals surface area (Å²) in [6, 6.07) is 66.4. The summed E-state index contributed by atoms with van der Waals surface area (Å²) in [5.74, 6) is 1.28. The summed E-state index contributed by atoms with van der Waals surface area (Å²) < 4.78 is 39.1. The molecule has 29 nitrogen and oxygen atoms in total. The fraction of sp³-hybridized carbons (Fsp3) is 0.387. The molecule has 0 saturated carbocycles. The van der Waals surface area contributed by atoms with Crippen LogP contribution in [0.1, 0.15) is 215 Å². The highest BCUT2D eigenvalue weighted by Gasteiger charge is 2.27. The van der Waals surface area contributed by atoms with Gasteiger partial charge in [0, 0.05) is 92.8 Å². The number of benzene rings is 10. The predicted octanol–water partition coefficient (Wildman–Crippen LogP) is 28.4. The monoisotopic (exact) mass is 1960 g/mol. The number of halogens is 2. The van der Waals surface area contributed by atoms with Crippen molar-refractivity contribution >= 4 is 126 Å². The first-order chi connectivity index (χ1) is 64.7. The first kappa shape index (κ1) is 125. The van der Waals surface area contributed by atoms with Crippen LogP contribution in [0.5, 0.6) is 0 Å². The van der Waals surface area contributed by atoms with Crippen LogP contribution in [0.25, 0.3) is 0 Å². The Morgan fingerprint density at radius 1 is 0.358 bits per heavy atom. The van der Waals surface area contributed by atoms with Crippen LogP contribution < -0.4 is 70.0 Å². The first-order valence-electron chi connectivity index (χ1n) is 45.7. The SMILES string of the molecule is CBr.CC.CC.CC.CC.CC.CCOC(=O)Nc1ccc(N(C)Cc2ccccc2)c(C)c1N.Cc1c(F)ccc([N+](=O)[O-])c1N.Cc1c(N(C)Cc2ccccc2)ccc(NC(=O)OC(C)(C)C)c1NC(=O)OC(C)(C)C.Cc1c(NCc2ccccc2)ccc(NC(=O)OC(C)(C)C)c1NC(=O)OC(C)(C)C.Cc1c(NCc2ccccc2)ccc([N+](=O)[O-])c1N.NCc1ccccc1. The van der Waals surface area contributed by atoms with Gasteiger partial charge in [0.2, 0.25) is 0 Å². The van der Waals surface area contributed by atoms with Gasteiger partial charge < -0.3 is 67.1 Å². The van der Waals surface area contributed by atoms with Gasteiger partial charge in [0.05, 0.1) is 50.6 Å². The van der Waals surface area contributed by atoms with Gasteiger partial charge in [-0.15, -0.1) is 0 Å². The Morgan fingerprint density at radius 2 is 0.635 bits per heavy atom. The number of rotatable bonds is 21. The van der Waals surface area contributed by atoms with E-state index < -0.39 is 68.5 Å². The minimum absolute atomic E-state index is 0.0530. The van der Waals surface area contributed by atoms with Crippen molar-refractivity contribution in [3.63, 3.8) is 0 Å². The zero-order valence-corrected chi connectivity index (χ0v) is 88.1. The van der Waals surface area contributed by atoms with E-state index in [-0.39, 0.29) is 28.3 Å². The van der Waals surface area contributed by atoms with Gasteiger partial charge in [-0.1, -0.05) is 237 Å². The fourth-order valence-electron chi connectivity index (χ4n) is 11.7. The molecule has 0 aliphatic heterocycles. The molecule has 0 heterocycles. The number of hydrogen-bond acceptors (Lipinski definition) is 22. The zero-order chi connectivity index (χ0) is 105. The summed E-state index contributed by atoms with van der Waals surface area (Å²) in [6.45, 7) is 55.8. The van der Waals surface area contributed by atoms with Crippen LogP contribution in [0.3, 0.4) is 0 Å². The molecule has 0 bridgehead atoms. The molecule has 10 aromatic carbocycles. The number of nitrogens with two attached hydrogens (primary N) is 4. The molecule has 0 aliphatic rings. The number of nitro groups is 2. The molecule has 137 heavy (non-hydrogen) atoms. The average Bonchev–Trinajstić information content (AvgIpc) is 0.801. The lowest BCUT2D eigenvalue weighted by Gasteiger charge is -2.26. The van der Waals surface area contributed by atoms with Crippen molar-refractivity contribution < 1.29 is 61.9 Å². The Bertz CT molecular complexity index is 5210. The lowest BCUT2D eigenvalue weighted by Crippen LogP contribution is -2.29. The quantitative estimate of drug-likeness (QED) is 0.0105. The van der Waals surface area contributed by atoms with Gasteiger partial charge in [-0.25, -0.2) is 28.4 Å². The molecule has 5 amide bonds. The maximum atomic E-state index is 12.7. The normalized spacial score (nSPS) is 10.1. The van der Waals surface area contributed by atoms with Crippen molar-refractivity contribution in [2.75, 3.05) is 90.8 Å². The molecule has 0 saturated heterocycles. The molecule has 31 heteroatoms. The number of ether oxygens (including phenoxy) is 5. The van der Waals surface area contributed by atoms with E-state index in [0.29, 0.717) is 72.5 Å². The van der Waals surface area contributed by atoms with Gasteiger partial charge in [-0.2, -0.15) is 0 Å². The average molecular weight is 1960 g/mol. The lowest BCUT2D eigenvalue weighted by molar-refractivity contribution is -0.384. The molecule has 10 rings (SSSR count). The van der Waals surface area contributed by atoms with E-state index in [1.165, 1.54) is 24.1 Å². The number of hydrogen-bond donors (Lipinski definition) is 11. The van der Waals surface area contributed by atoms with Crippen LogP contribution in [-0.2, 0) is 56.4 Å². The summed E-state index contributed by atoms with van der Waals surface area (Å²) in [4.78, 5) is 85.4. The molecule has 0 spiro atoms. The van der Waals surface area contributed by atoms with Gasteiger partial charge in [0.25, 0.3) is 11.4 Å². The Labute approximate surface area is 822 Å². The number of nitrogens with one attached hydrogen (secondary N) is 7. The van der Waals surface area contributed by atoms with Crippen molar-refractivity contribution in [1.82, 2.24) is 0 Å². The number of amides is 5. The van der Waals surface area contributed by atoms with E-state index in [9.17, 15) is 48.6 Å². The molecule has 0 aromatic heterocycles. The summed E-state index contributed by atoms with van der Waals surface area (Å²) >= 11 is 2.94. The first-order valence-corrected chi connectivity index (χ1v) is 47.3. The number of carbonyl (C=O) groups excluding carboxylic acids is 5. The molecule has 752 valence electrons. The van der Waals surface area contributed by atoms with Crippen LogP contribution in [0, 0.1) is 60.7 Å². The smallest absolute Gasteiger partial charge is 0.412 e. The highest BCUT2D eigenvalue weighted by molar-refractivity contribution is 9.08. The van der Waals surface area contributed by atoms with Gasteiger partial charge in [-0.05, 0) is 223 Å². The number of anilines is 12. The molecule has 0 unspecified atom stereocenters. The van der Waals surface area contributed by atoms with Gasteiger partial charge in [0.1, 0.15) is 39.6 Å². The van der Waals surface area contributed by atoms with E-state index in [1.807, 2.05) is 256 Å². The van der Waals surface area contributed by atoms with Crippen molar-refractivity contribution in [3.05, 3.63) is 294 Å². The second-order valence-corrected chi connectivity index (χ2v) is 32.7. The van der Waals surface area contributed by atoms with Crippen molar-refractivity contribution in [2.45, 2.75) is 249 Å². The van der Waals surface area contributed by atoms with E-state index in [4.69, 9.17) is 46.6 Å². The van der Waals surface area contributed by atoms with Gasteiger partial charge >= 0.3 is 30.5 Å². The Morgan fingerprint density at radius 3 is 0.971 bits per heavy atom. The Kier molecular flexibility index (Phi) is 60.3. The van der Waals surface area contributed by atoms with E-state index in [1.54, 1.807) is 121 Å². The largest absolute Gasteiger partial charge is 0.450 e. The minimum atomic E-state index is -0.654. The molecule has 0 atom stereocenters. The fourth-order valence-corrected chi connectivity index (χ4v) is 11.7. The summed E-state index contributed by atoms with van der Waals surface area (Å²) in [7, 11) is 4.00. The standard InChI is InChI=1S/C25H35N3O4.C24H33N3O4.C18H23N3O2.C14H15N3O2.C7H7FN2O2.C7H9N.5C2H6.CH3Br/c1-17-20(28(8)16-18-12-10-9-11-13-18)15-14-19(26-22(29)31-24(2,3)4)21(17)27-23(30)32-25(5,6)7;1-16-18(25-15-17-11-9-8-10-12-17)13-14-19(26-21(28)30-23(2,3)4)20(16)27-22(29)31-24(5,6)7;1-4-23-18(22)20-15-10-11-16(13(2)17(15)19)21(3)12-14-8-6-5-7-9-14;1-10-12(7-8-13(14(10)15)17(18)19)16-9-11-5-3-2-4-6-11;1-4-5(8)2-3-6(7(4)9)10(11)12;8-6-7-4-2-1-3-5-7;6*1-2/h9-15H,16H2,1-8H3,(H,26,29)(H,27,30);8-14,25H,15H2,1-7H3,(H,26,28)(H,27,29);5-11H,4,12,19H2,1-3H3,(H,20,22);2-8,16H,9,15H2,1H3;2-3H,9H2,1H3;1-5H,6,8H2;5*1-2H3;1H3. The van der Waals surface area contributed by atoms with E-state index >= 15 is 0 Å². The van der Waals surface area contributed by atoms with Crippen LogP contribution in [0.15, 0.2) is 212 Å². The van der Waals surface area contributed by atoms with Crippen LogP contribution in [0.4, 0.5) is 108 Å². The van der Waals surface area contributed by atoms with E-state index in [0.717, 1.165) is 74.8 Å². The minimum Gasteiger partial charge on any atom is -0.450 e. The van der Waals surface area contributed by atoms with Gasteiger partial charge in [-0.3, -0.25) is 46.8 Å². The molecule has 15 N–H and O–H groups in total. The van der Waals surface area contributed by atoms with Crippen LogP contribution in [-0.4, -0.2) is 89.3 Å². The summed E-state index contributed by atoms with van der Waals surface area (Å²) in [5.41, 5.74) is 35.4. The summed E-state index contributed by atoms with van der Waals surface area (Å²) in [6.07, 6.45) is -2.92. The van der Waals surface area contributed by atoms with E-state index in [2.05, 4.69) is 87.2 Å². The van der Waals surface area contributed by atoms with Gasteiger partial charge in [0.15, 0.2) is 0 Å². The third kappa shape index (κ3) is 48.9. The predicted molar refractivity (Wildman–Crippen MR) is 573 cm³/mol. The second kappa shape index (κ2) is 65.9. The number of nitro benzene ring substituents is 2. The maximum absolute atomic E-state index is 12.7. The molecule has 0 radical (unpaired) electrons. The number of carbonyl (C=O) groups is 5. The van der Waals surface area contributed by atoms with Crippen molar-refractivity contribution in [2.24, 2.45) is 5.73 Å². The molecule has 0 fully saturated rings. The lowest BCUT2D eigenvalue weighted by atomic mass is 10.1. The number of nitrogens with zero attached hydrogens (tertiary/aromatic N) is 4. The Hall–Kier alpha value is -13.7. The van der Waals surface area contributed by atoms with Crippen LogP contribution >= 0.6 is 15.9 Å². The third-order valence-electron chi connectivity index (χ3n) is 17.8. The third-order valence-corrected chi connectivity index (χ3v) is 17.8. The molecule has 10 aromatic rings. The highest BCUT2D eigenvalue weighted by Crippen LogP contribution is 2.38. The summed E-state index contributed by atoms with van der Waals surface area (Å²) in [5, 5.41) is 41.4. The molecule has 0 aliphatic carbocycles. The topological polar surface area (TPSA) is 413 Å². The Balaban J connectivity index is 0. The molecular formula is C106H155BrFN15O14. The highest BCUT2D eigenvalue weighted by atomic mass is 79.9. The number of alkyl halides is 1. The van der Waals surface area contributed by atoms with Crippen LogP contribution in [0.2, 0.25) is 0 Å². The zero-order valence-electron chi connectivity index (χ0n) is 86.5. The number of nitrogen functional groups attached to an aromatic ring is 3. The maximum Gasteiger partial charge on any atom is 0.412 e. The van der Waals surface area contributed by atoms with Crippen molar-refractivity contribution in [3.8, 4) is 0 Å².